The van der Waals surface area contributed by atoms with Crippen LogP contribution in [0.4, 0.5) is 5.69 Å². The summed E-state index contributed by atoms with van der Waals surface area (Å²) in [6, 6.07) is 19.2. The molecule has 1 amide bonds. The number of benzene rings is 3. The highest BCUT2D eigenvalue weighted by atomic mass is 79.9. The van der Waals surface area contributed by atoms with E-state index in [2.05, 4.69) is 42.5 Å². The van der Waals surface area contributed by atoms with Crippen LogP contribution in [0, 0.1) is 0 Å². The third-order valence-electron chi connectivity index (χ3n) is 3.54. The van der Waals surface area contributed by atoms with Crippen molar-refractivity contribution in [3.05, 3.63) is 69.6 Å². The van der Waals surface area contributed by atoms with Crippen LogP contribution in [0.5, 0.6) is 5.75 Å². The van der Waals surface area contributed by atoms with Gasteiger partial charge in [0.05, 0.1) is 4.47 Å². The maximum Gasteiger partial charge on any atom is 0.264 e. The second kappa shape index (κ2) is 8.62. The summed E-state index contributed by atoms with van der Waals surface area (Å²) in [6.07, 6.45) is 0. The molecule has 0 aromatic heterocycles. The second-order valence-corrected chi connectivity index (χ2v) is 7.51. The van der Waals surface area contributed by atoms with Gasteiger partial charge in [0.2, 0.25) is 0 Å². The van der Waals surface area contributed by atoms with Crippen LogP contribution in [-0.4, -0.2) is 17.6 Å². The highest BCUT2D eigenvalue weighted by molar-refractivity contribution is 9.11. The molecule has 0 radical (unpaired) electrons. The van der Waals surface area contributed by atoms with Crippen LogP contribution >= 0.6 is 44.1 Å². The van der Waals surface area contributed by atoms with Crippen molar-refractivity contribution in [3.8, 4) is 5.75 Å². The minimum absolute atomic E-state index is 0.140. The van der Waals surface area contributed by atoms with Gasteiger partial charge in [0.15, 0.2) is 11.7 Å². The molecule has 0 bridgehead atoms. The van der Waals surface area contributed by atoms with E-state index < -0.39 is 0 Å². The van der Waals surface area contributed by atoms with E-state index >= 15 is 0 Å². The molecule has 4 nitrogen and oxygen atoms in total. The van der Waals surface area contributed by atoms with Gasteiger partial charge in [-0.05, 0) is 69.3 Å². The molecule has 132 valence electrons. The van der Waals surface area contributed by atoms with Crippen molar-refractivity contribution in [2.45, 2.75) is 0 Å². The van der Waals surface area contributed by atoms with Gasteiger partial charge >= 0.3 is 0 Å². The number of rotatable bonds is 4. The van der Waals surface area contributed by atoms with E-state index in [0.717, 1.165) is 25.4 Å². The van der Waals surface area contributed by atoms with Gasteiger partial charge in [-0.2, -0.15) is 0 Å². The number of amides is 1. The topological polar surface area (TPSA) is 50.4 Å². The van der Waals surface area contributed by atoms with Gasteiger partial charge in [0.1, 0.15) is 5.75 Å². The first-order chi connectivity index (χ1) is 12.5. The molecule has 0 saturated carbocycles. The minimum Gasteiger partial charge on any atom is -0.483 e. The largest absolute Gasteiger partial charge is 0.483 e. The number of halogens is 2. The number of carbonyl (C=O) groups excluding carboxylic acids is 1. The normalized spacial score (nSPS) is 10.4. The van der Waals surface area contributed by atoms with Gasteiger partial charge in [-0.25, -0.2) is 0 Å². The molecule has 0 aliphatic heterocycles. The summed E-state index contributed by atoms with van der Waals surface area (Å²) in [6.45, 7) is -0.140. The monoisotopic (exact) mass is 492 g/mol. The minimum atomic E-state index is -0.334. The average molecular weight is 494 g/mol. The fourth-order valence-electron chi connectivity index (χ4n) is 2.33. The first kappa shape index (κ1) is 18.8. The molecule has 0 saturated heterocycles. The predicted molar refractivity (Wildman–Crippen MR) is 116 cm³/mol. The van der Waals surface area contributed by atoms with Crippen LogP contribution in [0.1, 0.15) is 0 Å². The third-order valence-corrected chi connectivity index (χ3v) is 5.09. The van der Waals surface area contributed by atoms with Crippen LogP contribution < -0.4 is 15.4 Å². The Morgan fingerprint density at radius 1 is 1.00 bits per heavy atom. The standard InChI is InChI=1S/C19H14Br2N2O2S/c20-13-6-8-14(9-7-13)22-19(26)23-17(24)11-25-16-10-5-12-3-1-2-4-15(12)18(16)21/h1-10H,11H2,(H2,22,23,24,26). The molecule has 0 unspecified atom stereocenters. The Morgan fingerprint density at radius 3 is 2.50 bits per heavy atom. The van der Waals surface area contributed by atoms with E-state index in [1.807, 2.05) is 60.7 Å². The van der Waals surface area contributed by atoms with Crippen LogP contribution in [0.3, 0.4) is 0 Å². The number of fused-ring (bicyclic) bond motifs is 1. The number of carbonyl (C=O) groups is 1. The fraction of sp³-hybridized carbons (Fsp3) is 0.0526. The Kier molecular flexibility index (Phi) is 6.24. The SMILES string of the molecule is O=C(COc1ccc2ccccc2c1Br)NC(=S)Nc1ccc(Br)cc1. The summed E-state index contributed by atoms with van der Waals surface area (Å²) in [5, 5.41) is 7.89. The van der Waals surface area contributed by atoms with E-state index in [0.29, 0.717) is 5.75 Å². The molecule has 0 aliphatic carbocycles. The predicted octanol–water partition coefficient (Wildman–Crippen LogP) is 5.26. The summed E-state index contributed by atoms with van der Waals surface area (Å²) >= 11 is 12.0. The first-order valence-electron chi connectivity index (χ1n) is 7.69. The van der Waals surface area contributed by atoms with Crippen molar-refractivity contribution >= 4 is 71.6 Å². The van der Waals surface area contributed by atoms with Gasteiger partial charge in [0.25, 0.3) is 5.91 Å². The summed E-state index contributed by atoms with van der Waals surface area (Å²) in [5.41, 5.74) is 0.789. The lowest BCUT2D eigenvalue weighted by molar-refractivity contribution is -0.121. The van der Waals surface area contributed by atoms with E-state index in [9.17, 15) is 4.79 Å². The fourth-order valence-corrected chi connectivity index (χ4v) is 3.43. The third kappa shape index (κ3) is 4.81. The van der Waals surface area contributed by atoms with Gasteiger partial charge in [0, 0.05) is 10.2 Å². The van der Waals surface area contributed by atoms with Gasteiger partial charge in [-0.3, -0.25) is 10.1 Å². The number of thiocarbonyl (C=S) groups is 1. The van der Waals surface area contributed by atoms with Gasteiger partial charge in [-0.1, -0.05) is 46.3 Å². The van der Waals surface area contributed by atoms with E-state index in [1.54, 1.807) is 0 Å². The van der Waals surface area contributed by atoms with Gasteiger partial charge < -0.3 is 10.1 Å². The van der Waals surface area contributed by atoms with E-state index in [4.69, 9.17) is 17.0 Å². The average Bonchev–Trinajstić information content (AvgIpc) is 2.63. The summed E-state index contributed by atoms with van der Waals surface area (Å²) < 4.78 is 7.40. The molecule has 0 spiro atoms. The summed E-state index contributed by atoms with van der Waals surface area (Å²) in [5.74, 6) is 0.269. The van der Waals surface area contributed by atoms with E-state index in [1.165, 1.54) is 0 Å². The van der Waals surface area contributed by atoms with Crippen molar-refractivity contribution in [1.82, 2.24) is 5.32 Å². The molecule has 0 fully saturated rings. The van der Waals surface area contributed by atoms with Crippen LogP contribution in [-0.2, 0) is 4.79 Å². The molecule has 0 aliphatic rings. The van der Waals surface area contributed by atoms with Gasteiger partial charge in [-0.15, -0.1) is 0 Å². The lowest BCUT2D eigenvalue weighted by atomic mass is 10.1. The Hall–Kier alpha value is -1.96. The lowest BCUT2D eigenvalue weighted by Gasteiger charge is -2.12. The van der Waals surface area contributed by atoms with Crippen LogP contribution in [0.2, 0.25) is 0 Å². The van der Waals surface area contributed by atoms with Crippen molar-refractivity contribution in [2.24, 2.45) is 0 Å². The second-order valence-electron chi connectivity index (χ2n) is 5.40. The quantitative estimate of drug-likeness (QED) is 0.487. The Bertz CT molecular complexity index is 961. The number of hydrogen-bond acceptors (Lipinski definition) is 3. The first-order valence-corrected chi connectivity index (χ1v) is 9.69. The molecule has 2 N–H and O–H groups in total. The molecule has 7 heteroatoms. The number of nitrogens with one attached hydrogen (secondary N) is 2. The zero-order valence-corrected chi connectivity index (χ0v) is 17.4. The number of ether oxygens (including phenoxy) is 1. The Labute approximate surface area is 173 Å². The molecule has 3 aromatic rings. The Balaban J connectivity index is 1.56. The van der Waals surface area contributed by atoms with Crippen LogP contribution in [0.25, 0.3) is 10.8 Å². The van der Waals surface area contributed by atoms with Crippen molar-refractivity contribution in [1.29, 1.82) is 0 Å². The number of anilines is 1. The smallest absolute Gasteiger partial charge is 0.264 e. The zero-order chi connectivity index (χ0) is 18.5. The highest BCUT2D eigenvalue weighted by Crippen LogP contribution is 2.32. The molecular formula is C19H14Br2N2O2S. The van der Waals surface area contributed by atoms with Crippen LogP contribution in [0.15, 0.2) is 69.6 Å². The summed E-state index contributed by atoms with van der Waals surface area (Å²) in [4.78, 5) is 12.1. The molecule has 3 rings (SSSR count). The van der Waals surface area contributed by atoms with Crippen molar-refractivity contribution in [2.75, 3.05) is 11.9 Å². The maximum atomic E-state index is 12.1. The van der Waals surface area contributed by atoms with Crippen molar-refractivity contribution in [3.63, 3.8) is 0 Å². The lowest BCUT2D eigenvalue weighted by Crippen LogP contribution is -2.37. The Morgan fingerprint density at radius 2 is 1.73 bits per heavy atom. The van der Waals surface area contributed by atoms with E-state index in [-0.39, 0.29) is 17.6 Å². The summed E-state index contributed by atoms with van der Waals surface area (Å²) in [7, 11) is 0. The van der Waals surface area contributed by atoms with Crippen molar-refractivity contribution < 1.29 is 9.53 Å². The molecule has 3 aromatic carbocycles. The molecule has 0 heterocycles. The zero-order valence-electron chi connectivity index (χ0n) is 13.5. The highest BCUT2D eigenvalue weighted by Gasteiger charge is 2.10. The maximum absolute atomic E-state index is 12.1. The molecule has 26 heavy (non-hydrogen) atoms. The molecular weight excluding hydrogens is 480 g/mol. The molecule has 0 atom stereocenters. The number of hydrogen-bond donors (Lipinski definition) is 2.